The molecule has 0 spiro atoms. The lowest BCUT2D eigenvalue weighted by Crippen LogP contribution is -2.15. The highest BCUT2D eigenvalue weighted by Gasteiger charge is 2.34. The quantitative estimate of drug-likeness (QED) is 0.490. The van der Waals surface area contributed by atoms with Gasteiger partial charge in [-0.3, -0.25) is 0 Å². The van der Waals surface area contributed by atoms with Crippen molar-refractivity contribution in [3.63, 3.8) is 0 Å². The summed E-state index contributed by atoms with van der Waals surface area (Å²) in [5.41, 5.74) is 3.26. The van der Waals surface area contributed by atoms with Crippen LogP contribution in [0.25, 0.3) is 33.8 Å². The van der Waals surface area contributed by atoms with E-state index in [0.29, 0.717) is 24.1 Å². The standard InChI is InChI=1S/C22H18N2O3/c1-3-25-22-17-13(2)26-19-15-11-7-8-12-16(15)27-20(19)18(17)23-21(24-22)14-9-5-4-6-10-14/h4-13H,3H2,1-2H3. The molecule has 5 rings (SSSR count). The van der Waals surface area contributed by atoms with Crippen LogP contribution in [0.15, 0.2) is 59.0 Å². The van der Waals surface area contributed by atoms with Crippen LogP contribution in [-0.2, 0) is 0 Å². The smallest absolute Gasteiger partial charge is 0.224 e. The predicted octanol–water partition coefficient (Wildman–Crippen LogP) is 5.41. The molecule has 4 aromatic rings. The zero-order valence-corrected chi connectivity index (χ0v) is 15.1. The van der Waals surface area contributed by atoms with Crippen LogP contribution < -0.4 is 9.47 Å². The summed E-state index contributed by atoms with van der Waals surface area (Å²) < 4.78 is 18.2. The molecule has 27 heavy (non-hydrogen) atoms. The Morgan fingerprint density at radius 3 is 2.59 bits per heavy atom. The fourth-order valence-electron chi connectivity index (χ4n) is 3.48. The van der Waals surface area contributed by atoms with Gasteiger partial charge in [0.25, 0.3) is 0 Å². The van der Waals surface area contributed by atoms with Gasteiger partial charge in [-0.1, -0.05) is 42.5 Å². The number of fused-ring (bicyclic) bond motifs is 5. The van der Waals surface area contributed by atoms with Gasteiger partial charge in [0, 0.05) is 5.56 Å². The van der Waals surface area contributed by atoms with E-state index in [9.17, 15) is 0 Å². The molecule has 0 aliphatic carbocycles. The molecule has 1 aliphatic rings. The molecule has 134 valence electrons. The van der Waals surface area contributed by atoms with Gasteiger partial charge in [-0.25, -0.2) is 4.98 Å². The summed E-state index contributed by atoms with van der Waals surface area (Å²) in [6, 6.07) is 17.7. The predicted molar refractivity (Wildman–Crippen MR) is 103 cm³/mol. The number of benzene rings is 2. The Morgan fingerprint density at radius 2 is 1.78 bits per heavy atom. The first-order valence-electron chi connectivity index (χ1n) is 9.05. The lowest BCUT2D eigenvalue weighted by Gasteiger charge is -2.24. The molecule has 0 fully saturated rings. The second-order valence-electron chi connectivity index (χ2n) is 6.43. The maximum Gasteiger partial charge on any atom is 0.224 e. The third-order valence-electron chi connectivity index (χ3n) is 4.69. The number of rotatable bonds is 3. The first kappa shape index (κ1) is 15.9. The largest absolute Gasteiger partial charge is 0.481 e. The maximum atomic E-state index is 6.19. The monoisotopic (exact) mass is 358 g/mol. The minimum absolute atomic E-state index is 0.236. The van der Waals surface area contributed by atoms with Gasteiger partial charge in [-0.15, -0.1) is 0 Å². The van der Waals surface area contributed by atoms with Crippen LogP contribution >= 0.6 is 0 Å². The minimum Gasteiger partial charge on any atom is -0.481 e. The van der Waals surface area contributed by atoms with Crippen molar-refractivity contribution in [2.24, 2.45) is 0 Å². The van der Waals surface area contributed by atoms with E-state index in [0.717, 1.165) is 33.5 Å². The average Bonchev–Trinajstić information content (AvgIpc) is 3.07. The van der Waals surface area contributed by atoms with E-state index in [4.69, 9.17) is 18.9 Å². The molecule has 0 radical (unpaired) electrons. The fourth-order valence-corrected chi connectivity index (χ4v) is 3.48. The Bertz CT molecular complexity index is 1140. The molecule has 0 amide bonds. The molecule has 0 saturated heterocycles. The second-order valence-corrected chi connectivity index (χ2v) is 6.43. The number of aromatic nitrogens is 2. The third-order valence-corrected chi connectivity index (χ3v) is 4.69. The van der Waals surface area contributed by atoms with Crippen molar-refractivity contribution in [1.82, 2.24) is 9.97 Å². The Hall–Kier alpha value is -3.34. The van der Waals surface area contributed by atoms with E-state index in [1.807, 2.05) is 68.4 Å². The summed E-state index contributed by atoms with van der Waals surface area (Å²) in [6.07, 6.45) is -0.236. The summed E-state index contributed by atoms with van der Waals surface area (Å²) >= 11 is 0. The van der Waals surface area contributed by atoms with Crippen LogP contribution in [0.2, 0.25) is 0 Å². The highest BCUT2D eigenvalue weighted by molar-refractivity contribution is 5.92. The topological polar surface area (TPSA) is 57.4 Å². The van der Waals surface area contributed by atoms with E-state index in [2.05, 4.69) is 4.98 Å². The SMILES string of the molecule is CCOc1nc(-c2ccccc2)nc2c1C(C)Oc1c-2oc2ccccc12. The van der Waals surface area contributed by atoms with Crippen molar-refractivity contribution in [2.45, 2.75) is 20.0 Å². The first-order valence-corrected chi connectivity index (χ1v) is 9.05. The van der Waals surface area contributed by atoms with E-state index in [-0.39, 0.29) is 6.10 Å². The molecule has 0 saturated carbocycles. The molecule has 0 bridgehead atoms. The second kappa shape index (κ2) is 6.13. The van der Waals surface area contributed by atoms with Crippen LogP contribution in [0, 0.1) is 0 Å². The van der Waals surface area contributed by atoms with Gasteiger partial charge in [0.2, 0.25) is 5.88 Å². The van der Waals surface area contributed by atoms with Crippen molar-refractivity contribution in [2.75, 3.05) is 6.61 Å². The first-order chi connectivity index (χ1) is 13.3. The van der Waals surface area contributed by atoms with Gasteiger partial charge >= 0.3 is 0 Å². The Balaban J connectivity index is 1.81. The highest BCUT2D eigenvalue weighted by Crippen LogP contribution is 2.49. The lowest BCUT2D eigenvalue weighted by molar-refractivity contribution is 0.210. The van der Waals surface area contributed by atoms with Crippen LogP contribution in [0.4, 0.5) is 0 Å². The average molecular weight is 358 g/mol. The maximum absolute atomic E-state index is 6.19. The van der Waals surface area contributed by atoms with Gasteiger partial charge < -0.3 is 13.9 Å². The molecule has 1 atom stereocenters. The molecule has 2 aromatic heterocycles. The lowest BCUT2D eigenvalue weighted by atomic mass is 10.0. The molecule has 3 heterocycles. The number of hydrogen-bond acceptors (Lipinski definition) is 5. The number of ether oxygens (including phenoxy) is 2. The van der Waals surface area contributed by atoms with E-state index >= 15 is 0 Å². The number of hydrogen-bond donors (Lipinski definition) is 0. The van der Waals surface area contributed by atoms with Crippen molar-refractivity contribution in [3.8, 4) is 34.5 Å². The van der Waals surface area contributed by atoms with E-state index in [1.165, 1.54) is 0 Å². The van der Waals surface area contributed by atoms with Gasteiger partial charge in [-0.2, -0.15) is 4.98 Å². The summed E-state index contributed by atoms with van der Waals surface area (Å²) in [7, 11) is 0. The fraction of sp³-hybridized carbons (Fsp3) is 0.182. The Labute approximate surface area is 156 Å². The molecule has 5 nitrogen and oxygen atoms in total. The van der Waals surface area contributed by atoms with Crippen molar-refractivity contribution < 1.29 is 13.9 Å². The Morgan fingerprint density at radius 1 is 1.00 bits per heavy atom. The number of nitrogens with zero attached hydrogens (tertiary/aromatic N) is 2. The Kier molecular flexibility index (Phi) is 3.60. The summed E-state index contributed by atoms with van der Waals surface area (Å²) in [5, 5.41) is 0.947. The van der Waals surface area contributed by atoms with E-state index in [1.54, 1.807) is 0 Å². The normalized spacial score (nSPS) is 15.1. The zero-order valence-electron chi connectivity index (χ0n) is 15.1. The third kappa shape index (κ3) is 2.46. The highest BCUT2D eigenvalue weighted by atomic mass is 16.5. The van der Waals surface area contributed by atoms with E-state index < -0.39 is 0 Å². The molecular formula is C22H18N2O3. The molecular weight excluding hydrogens is 340 g/mol. The van der Waals surface area contributed by atoms with Gasteiger partial charge in [0.15, 0.2) is 17.3 Å². The van der Waals surface area contributed by atoms with Crippen LogP contribution in [-0.4, -0.2) is 16.6 Å². The molecule has 2 aromatic carbocycles. The van der Waals surface area contributed by atoms with Crippen molar-refractivity contribution >= 4 is 11.0 Å². The minimum atomic E-state index is -0.236. The number of para-hydroxylation sites is 1. The number of furan rings is 1. The van der Waals surface area contributed by atoms with Crippen LogP contribution in [0.1, 0.15) is 25.5 Å². The molecule has 5 heteroatoms. The van der Waals surface area contributed by atoms with Gasteiger partial charge in [0.1, 0.15) is 17.4 Å². The van der Waals surface area contributed by atoms with Gasteiger partial charge in [-0.05, 0) is 26.0 Å². The molecule has 0 N–H and O–H groups in total. The van der Waals surface area contributed by atoms with Crippen molar-refractivity contribution in [1.29, 1.82) is 0 Å². The molecule has 1 unspecified atom stereocenters. The zero-order chi connectivity index (χ0) is 18.4. The van der Waals surface area contributed by atoms with Gasteiger partial charge in [0.05, 0.1) is 17.6 Å². The summed E-state index contributed by atoms with van der Waals surface area (Å²) in [6.45, 7) is 4.44. The summed E-state index contributed by atoms with van der Waals surface area (Å²) in [4.78, 5) is 9.52. The van der Waals surface area contributed by atoms with Crippen LogP contribution in [0.5, 0.6) is 11.6 Å². The van der Waals surface area contributed by atoms with Crippen molar-refractivity contribution in [3.05, 3.63) is 60.2 Å². The summed E-state index contributed by atoms with van der Waals surface area (Å²) in [5.74, 6) is 2.51. The van der Waals surface area contributed by atoms with Crippen LogP contribution in [0.3, 0.4) is 0 Å². The molecule has 1 aliphatic heterocycles.